The molecule has 0 atom stereocenters. The quantitative estimate of drug-likeness (QED) is 0.713. The summed E-state index contributed by atoms with van der Waals surface area (Å²) in [5.41, 5.74) is 2.10. The van der Waals surface area contributed by atoms with E-state index in [1.165, 1.54) is 6.42 Å². The van der Waals surface area contributed by atoms with Gasteiger partial charge in [-0.25, -0.2) is 0 Å². The average Bonchev–Trinajstić information content (AvgIpc) is 2.50. The number of unbranched alkanes of at least 4 members (excludes halogenated alkanes) is 1. The summed E-state index contributed by atoms with van der Waals surface area (Å²) in [6, 6.07) is 15.9. The van der Waals surface area contributed by atoms with Crippen LogP contribution in [0.1, 0.15) is 19.8 Å². The normalized spacial score (nSPS) is 10.1. The number of hydrogen-bond donors (Lipinski definition) is 2. The molecule has 0 aromatic heterocycles. The molecule has 0 heterocycles. The maximum atomic E-state index is 5.95. The van der Waals surface area contributed by atoms with E-state index in [2.05, 4.69) is 23.6 Å². The molecule has 0 fully saturated rings. The van der Waals surface area contributed by atoms with Crippen LogP contribution in [0, 0.1) is 0 Å². The van der Waals surface area contributed by atoms with Crippen LogP contribution in [0.25, 0.3) is 0 Å². The molecule has 3 nitrogen and oxygen atoms in total. The van der Waals surface area contributed by atoms with Gasteiger partial charge in [0.15, 0.2) is 5.75 Å². The Hall–Kier alpha value is -2.16. The first-order chi connectivity index (χ1) is 9.83. The minimum absolute atomic E-state index is 0.850. The van der Waals surface area contributed by atoms with Gasteiger partial charge >= 0.3 is 0 Å². The van der Waals surface area contributed by atoms with Gasteiger partial charge in [0, 0.05) is 19.3 Å². The van der Waals surface area contributed by atoms with Gasteiger partial charge in [0.25, 0.3) is 0 Å². The molecule has 2 aromatic carbocycles. The highest BCUT2D eigenvalue weighted by molar-refractivity contribution is 5.65. The van der Waals surface area contributed by atoms with Crippen LogP contribution in [-0.4, -0.2) is 13.6 Å². The number of nitrogens with one attached hydrogen (secondary N) is 2. The van der Waals surface area contributed by atoms with E-state index in [-0.39, 0.29) is 0 Å². The van der Waals surface area contributed by atoms with Crippen LogP contribution in [0.5, 0.6) is 11.5 Å². The topological polar surface area (TPSA) is 33.3 Å². The maximum Gasteiger partial charge on any atom is 0.150 e. The highest BCUT2D eigenvalue weighted by atomic mass is 16.5. The zero-order chi connectivity index (χ0) is 14.2. The summed E-state index contributed by atoms with van der Waals surface area (Å²) in [7, 11) is 1.92. The third-order valence-electron chi connectivity index (χ3n) is 3.09. The van der Waals surface area contributed by atoms with E-state index >= 15 is 0 Å². The van der Waals surface area contributed by atoms with Crippen LogP contribution in [0.3, 0.4) is 0 Å². The molecule has 0 amide bonds. The van der Waals surface area contributed by atoms with Crippen molar-refractivity contribution in [2.45, 2.75) is 19.8 Å². The predicted octanol–water partition coefficient (Wildman–Crippen LogP) is 4.73. The van der Waals surface area contributed by atoms with Gasteiger partial charge in [-0.05, 0) is 36.8 Å². The van der Waals surface area contributed by atoms with E-state index in [1.54, 1.807) is 0 Å². The van der Waals surface area contributed by atoms with E-state index in [0.29, 0.717) is 0 Å². The maximum absolute atomic E-state index is 5.95. The third kappa shape index (κ3) is 3.92. The van der Waals surface area contributed by atoms with Crippen LogP contribution in [0.15, 0.2) is 48.5 Å². The molecule has 2 N–H and O–H groups in total. The van der Waals surface area contributed by atoms with Gasteiger partial charge in [0.05, 0.1) is 5.69 Å². The summed E-state index contributed by atoms with van der Waals surface area (Å²) in [6.45, 7) is 3.14. The number of benzene rings is 2. The molecule has 20 heavy (non-hydrogen) atoms. The molecular formula is C17H22N2O. The first kappa shape index (κ1) is 14.3. The van der Waals surface area contributed by atoms with Gasteiger partial charge in [0.2, 0.25) is 0 Å². The molecule has 3 heteroatoms. The highest BCUT2D eigenvalue weighted by Gasteiger charge is 2.05. The van der Waals surface area contributed by atoms with Crippen LogP contribution in [-0.2, 0) is 0 Å². The Kier molecular flexibility index (Phi) is 5.30. The molecule has 0 saturated heterocycles. The zero-order valence-corrected chi connectivity index (χ0v) is 12.1. The van der Waals surface area contributed by atoms with Crippen LogP contribution < -0.4 is 15.4 Å². The SMILES string of the molecule is CCCCNc1cc(NC)ccc1Oc1ccccc1. The monoisotopic (exact) mass is 270 g/mol. The molecule has 0 radical (unpaired) electrons. The second kappa shape index (κ2) is 7.43. The Labute approximate surface area is 121 Å². The smallest absolute Gasteiger partial charge is 0.150 e. The fraction of sp³-hybridized carbons (Fsp3) is 0.294. The molecule has 0 unspecified atom stereocenters. The van der Waals surface area contributed by atoms with Gasteiger partial charge < -0.3 is 15.4 Å². The summed E-state index contributed by atoms with van der Waals surface area (Å²) >= 11 is 0. The standard InChI is InChI=1S/C17H22N2O/c1-3-4-12-19-16-13-14(18-2)10-11-17(16)20-15-8-6-5-7-9-15/h5-11,13,18-19H,3-4,12H2,1-2H3. The molecular weight excluding hydrogens is 248 g/mol. The van der Waals surface area contributed by atoms with Gasteiger partial charge in [0.1, 0.15) is 5.75 Å². The Morgan fingerprint density at radius 3 is 2.55 bits per heavy atom. The van der Waals surface area contributed by atoms with E-state index in [0.717, 1.165) is 35.8 Å². The molecule has 106 valence electrons. The van der Waals surface area contributed by atoms with Crippen molar-refractivity contribution in [3.8, 4) is 11.5 Å². The fourth-order valence-corrected chi connectivity index (χ4v) is 1.93. The van der Waals surface area contributed by atoms with Crippen molar-refractivity contribution in [3.05, 3.63) is 48.5 Å². The highest BCUT2D eigenvalue weighted by Crippen LogP contribution is 2.31. The van der Waals surface area contributed by atoms with Gasteiger partial charge in [-0.3, -0.25) is 0 Å². The summed E-state index contributed by atoms with van der Waals surface area (Å²) in [5, 5.41) is 6.60. The molecule has 0 saturated carbocycles. The number of ether oxygens (including phenoxy) is 1. The third-order valence-corrected chi connectivity index (χ3v) is 3.09. The van der Waals surface area contributed by atoms with Crippen molar-refractivity contribution in [2.75, 3.05) is 24.2 Å². The lowest BCUT2D eigenvalue weighted by atomic mass is 10.2. The number of para-hydroxylation sites is 1. The minimum atomic E-state index is 0.850. The van der Waals surface area contributed by atoms with E-state index in [4.69, 9.17) is 4.74 Å². The van der Waals surface area contributed by atoms with Crippen molar-refractivity contribution in [2.24, 2.45) is 0 Å². The van der Waals surface area contributed by atoms with E-state index in [1.807, 2.05) is 49.5 Å². The Morgan fingerprint density at radius 2 is 1.85 bits per heavy atom. The lowest BCUT2D eigenvalue weighted by Crippen LogP contribution is -2.03. The van der Waals surface area contributed by atoms with Crippen LogP contribution >= 0.6 is 0 Å². The molecule has 0 aliphatic heterocycles. The van der Waals surface area contributed by atoms with Crippen LogP contribution in [0.2, 0.25) is 0 Å². The number of rotatable bonds is 7. The Morgan fingerprint density at radius 1 is 1.05 bits per heavy atom. The lowest BCUT2D eigenvalue weighted by Gasteiger charge is -2.14. The first-order valence-electron chi connectivity index (χ1n) is 7.12. The molecule has 0 spiro atoms. The fourth-order valence-electron chi connectivity index (χ4n) is 1.93. The Balaban J connectivity index is 2.17. The Bertz CT molecular complexity index is 526. The molecule has 0 aliphatic rings. The second-order valence-corrected chi connectivity index (χ2v) is 4.66. The lowest BCUT2D eigenvalue weighted by molar-refractivity contribution is 0.484. The number of hydrogen-bond acceptors (Lipinski definition) is 3. The van der Waals surface area contributed by atoms with Gasteiger partial charge in [-0.1, -0.05) is 31.5 Å². The van der Waals surface area contributed by atoms with Crippen molar-refractivity contribution in [1.29, 1.82) is 0 Å². The van der Waals surface area contributed by atoms with Crippen LogP contribution in [0.4, 0.5) is 11.4 Å². The van der Waals surface area contributed by atoms with Crippen molar-refractivity contribution >= 4 is 11.4 Å². The first-order valence-corrected chi connectivity index (χ1v) is 7.12. The molecule has 2 aromatic rings. The largest absolute Gasteiger partial charge is 0.455 e. The average molecular weight is 270 g/mol. The molecule has 0 aliphatic carbocycles. The van der Waals surface area contributed by atoms with Crippen molar-refractivity contribution < 1.29 is 4.74 Å². The number of anilines is 2. The van der Waals surface area contributed by atoms with Crippen molar-refractivity contribution in [3.63, 3.8) is 0 Å². The minimum Gasteiger partial charge on any atom is -0.455 e. The summed E-state index contributed by atoms with van der Waals surface area (Å²) in [5.74, 6) is 1.70. The second-order valence-electron chi connectivity index (χ2n) is 4.66. The van der Waals surface area contributed by atoms with Crippen molar-refractivity contribution in [1.82, 2.24) is 0 Å². The van der Waals surface area contributed by atoms with Gasteiger partial charge in [-0.15, -0.1) is 0 Å². The zero-order valence-electron chi connectivity index (χ0n) is 12.1. The summed E-state index contributed by atoms with van der Waals surface area (Å²) < 4.78 is 5.95. The van der Waals surface area contributed by atoms with E-state index < -0.39 is 0 Å². The molecule has 2 rings (SSSR count). The summed E-state index contributed by atoms with van der Waals surface area (Å²) in [6.07, 6.45) is 2.32. The summed E-state index contributed by atoms with van der Waals surface area (Å²) in [4.78, 5) is 0. The molecule has 0 bridgehead atoms. The van der Waals surface area contributed by atoms with Gasteiger partial charge in [-0.2, -0.15) is 0 Å². The predicted molar refractivity (Wildman–Crippen MR) is 85.9 cm³/mol. The van der Waals surface area contributed by atoms with E-state index in [9.17, 15) is 0 Å².